The molecule has 1 fully saturated rings. The topological polar surface area (TPSA) is 96.8 Å². The second-order valence-electron chi connectivity index (χ2n) is 8.01. The molecule has 0 N–H and O–H groups in total. The van der Waals surface area contributed by atoms with Gasteiger partial charge in [0, 0.05) is 31.1 Å². The number of nitriles is 1. The summed E-state index contributed by atoms with van der Waals surface area (Å²) in [5, 5.41) is 11.9. The van der Waals surface area contributed by atoms with Crippen LogP contribution in [0.15, 0.2) is 53.9 Å². The highest BCUT2D eigenvalue weighted by Crippen LogP contribution is 2.28. The Morgan fingerprint density at radius 3 is 2.58 bits per heavy atom. The van der Waals surface area contributed by atoms with Gasteiger partial charge in [-0.05, 0) is 43.9 Å². The molecule has 1 aromatic carbocycles. The van der Waals surface area contributed by atoms with Gasteiger partial charge in [-0.15, -0.1) is 0 Å². The number of nitrogens with zero attached hydrogens (tertiary/aromatic N) is 6. The van der Waals surface area contributed by atoms with Gasteiger partial charge in [-0.25, -0.2) is 27.0 Å². The number of aromatic nitrogens is 4. The normalized spacial score (nSPS) is 15.5. The minimum Gasteiger partial charge on any atom is -0.311 e. The van der Waals surface area contributed by atoms with Crippen LogP contribution in [-0.4, -0.2) is 40.1 Å². The van der Waals surface area contributed by atoms with Crippen molar-refractivity contribution >= 4 is 32.1 Å². The van der Waals surface area contributed by atoms with Crippen LogP contribution in [0.25, 0.3) is 22.1 Å². The van der Waals surface area contributed by atoms with E-state index >= 15 is 0 Å². The lowest BCUT2D eigenvalue weighted by Gasteiger charge is -2.33. The first-order valence-electron chi connectivity index (χ1n) is 10.3. The smallest absolute Gasteiger partial charge is 0.269 e. The lowest BCUT2D eigenvalue weighted by atomic mass is 9.95. The third kappa shape index (κ3) is 3.24. The molecule has 9 heteroatoms. The van der Waals surface area contributed by atoms with Crippen LogP contribution in [0.2, 0.25) is 0 Å². The molecule has 0 unspecified atom stereocenters. The van der Waals surface area contributed by atoms with Crippen LogP contribution in [0.3, 0.4) is 0 Å². The molecule has 1 aliphatic heterocycles. The molecule has 8 nitrogen and oxygen atoms in total. The zero-order valence-electron chi connectivity index (χ0n) is 17.1. The van der Waals surface area contributed by atoms with E-state index in [-0.39, 0.29) is 4.90 Å². The molecule has 1 saturated heterocycles. The van der Waals surface area contributed by atoms with E-state index in [1.807, 2.05) is 11.6 Å². The Hall–Kier alpha value is -3.38. The molecule has 158 valence electrons. The van der Waals surface area contributed by atoms with E-state index in [0.29, 0.717) is 18.0 Å². The molecule has 0 aliphatic carbocycles. The van der Waals surface area contributed by atoms with Crippen LogP contribution in [0.5, 0.6) is 0 Å². The summed E-state index contributed by atoms with van der Waals surface area (Å²) in [4.78, 5) is 9.14. The number of benzene rings is 1. The fourth-order valence-corrected chi connectivity index (χ4v) is 5.55. The number of imidazole rings is 1. The van der Waals surface area contributed by atoms with Crippen molar-refractivity contribution in [1.82, 2.24) is 18.6 Å². The summed E-state index contributed by atoms with van der Waals surface area (Å²) in [6.45, 7) is 3.57. The minimum atomic E-state index is -3.76. The van der Waals surface area contributed by atoms with Crippen molar-refractivity contribution in [2.75, 3.05) is 18.1 Å². The van der Waals surface area contributed by atoms with Gasteiger partial charge >= 0.3 is 0 Å². The summed E-state index contributed by atoms with van der Waals surface area (Å²) in [5.74, 6) is 0.429. The number of hydrogen-bond acceptors (Lipinski definition) is 6. The Morgan fingerprint density at radius 2 is 1.87 bits per heavy atom. The Kier molecular flexibility index (Phi) is 4.67. The molecular weight excluding hydrogens is 412 g/mol. The lowest BCUT2D eigenvalue weighted by Crippen LogP contribution is -2.41. The molecule has 5 rings (SSSR count). The summed E-state index contributed by atoms with van der Waals surface area (Å²) in [6.07, 6.45) is 7.43. The molecule has 0 amide bonds. The van der Waals surface area contributed by atoms with Crippen LogP contribution in [-0.2, 0) is 10.0 Å². The predicted molar refractivity (Wildman–Crippen MR) is 118 cm³/mol. The Balaban J connectivity index is 1.58. The number of rotatable bonds is 4. The molecule has 1 aliphatic rings. The van der Waals surface area contributed by atoms with Crippen molar-refractivity contribution < 1.29 is 8.42 Å². The summed E-state index contributed by atoms with van der Waals surface area (Å²) in [7, 11) is -3.76. The number of piperidine rings is 1. The van der Waals surface area contributed by atoms with Crippen molar-refractivity contribution in [3.63, 3.8) is 0 Å². The van der Waals surface area contributed by atoms with Crippen LogP contribution in [0.1, 0.15) is 24.8 Å². The van der Waals surface area contributed by atoms with Crippen LogP contribution in [0.4, 0.5) is 0 Å². The van der Waals surface area contributed by atoms with Crippen molar-refractivity contribution in [3.8, 4) is 6.07 Å². The second-order valence-corrected chi connectivity index (χ2v) is 9.82. The van der Waals surface area contributed by atoms with Crippen LogP contribution >= 0.6 is 0 Å². The quantitative estimate of drug-likeness (QED) is 0.489. The number of hydrogen-bond donors (Lipinski definition) is 0. The van der Waals surface area contributed by atoms with E-state index in [0.717, 1.165) is 47.9 Å². The average molecular weight is 435 g/mol. The lowest BCUT2D eigenvalue weighted by molar-refractivity contribution is 0.371. The number of fused-ring (bicyclic) bond motifs is 3. The van der Waals surface area contributed by atoms with Gasteiger partial charge in [-0.2, -0.15) is 5.26 Å². The fourth-order valence-electron chi connectivity index (χ4n) is 4.25. The van der Waals surface area contributed by atoms with Crippen LogP contribution < -0.4 is 5.01 Å². The molecule has 0 radical (unpaired) electrons. The standard InChI is InChI=1S/C22H22N6O2S/c1-16-2-4-18(5-3-16)31(29,30)28-13-9-19-21-20(14-24-22(19)28)25-15-27(21)26-11-7-17(6-10-23)8-12-26/h2-5,9,13-15,17H,6-8,11-12H2,1H3. The first kappa shape index (κ1) is 19.6. The zero-order valence-corrected chi connectivity index (χ0v) is 18.0. The van der Waals surface area contributed by atoms with E-state index < -0.39 is 10.0 Å². The SMILES string of the molecule is Cc1ccc(S(=O)(=O)n2ccc3c4c(cnc32)ncn4N2CCC(CC#N)CC2)cc1. The van der Waals surface area contributed by atoms with Crippen molar-refractivity contribution in [3.05, 3.63) is 54.6 Å². The Bertz CT molecular complexity index is 1400. The minimum absolute atomic E-state index is 0.227. The van der Waals surface area contributed by atoms with Gasteiger partial charge in [0.1, 0.15) is 17.4 Å². The first-order valence-corrected chi connectivity index (χ1v) is 11.7. The molecule has 3 aromatic heterocycles. The molecule has 0 bridgehead atoms. The van der Waals surface area contributed by atoms with E-state index in [4.69, 9.17) is 5.26 Å². The van der Waals surface area contributed by atoms with Gasteiger partial charge in [0.25, 0.3) is 10.0 Å². The summed E-state index contributed by atoms with van der Waals surface area (Å²) in [6, 6.07) is 10.9. The third-order valence-electron chi connectivity index (χ3n) is 6.02. The molecular formula is C22H22N6O2S. The van der Waals surface area contributed by atoms with Gasteiger partial charge < -0.3 is 5.01 Å². The largest absolute Gasteiger partial charge is 0.311 e. The van der Waals surface area contributed by atoms with Gasteiger partial charge in [0.2, 0.25) is 0 Å². The summed E-state index contributed by atoms with van der Waals surface area (Å²) in [5.41, 5.74) is 2.95. The summed E-state index contributed by atoms with van der Waals surface area (Å²) < 4.78 is 29.7. The number of aryl methyl sites for hydroxylation is 1. The van der Waals surface area contributed by atoms with E-state index in [9.17, 15) is 8.42 Å². The Morgan fingerprint density at radius 1 is 1.13 bits per heavy atom. The van der Waals surface area contributed by atoms with E-state index in [2.05, 4.69) is 21.0 Å². The monoisotopic (exact) mass is 434 g/mol. The average Bonchev–Trinajstić information content (AvgIpc) is 3.39. The molecule has 31 heavy (non-hydrogen) atoms. The zero-order chi connectivity index (χ0) is 21.6. The van der Waals surface area contributed by atoms with Crippen molar-refractivity contribution in [2.24, 2.45) is 5.92 Å². The van der Waals surface area contributed by atoms with E-state index in [1.54, 1.807) is 49.1 Å². The molecule has 4 heterocycles. The predicted octanol–water partition coefficient (Wildman–Crippen LogP) is 3.19. The molecule has 0 saturated carbocycles. The van der Waals surface area contributed by atoms with Gasteiger partial charge in [-0.1, -0.05) is 17.7 Å². The highest BCUT2D eigenvalue weighted by molar-refractivity contribution is 7.90. The van der Waals surface area contributed by atoms with Gasteiger partial charge in [0.15, 0.2) is 5.65 Å². The molecule has 4 aromatic rings. The highest BCUT2D eigenvalue weighted by atomic mass is 32.2. The maximum atomic E-state index is 13.2. The van der Waals surface area contributed by atoms with Crippen molar-refractivity contribution in [2.45, 2.75) is 31.1 Å². The van der Waals surface area contributed by atoms with E-state index in [1.165, 1.54) is 3.97 Å². The van der Waals surface area contributed by atoms with Crippen molar-refractivity contribution in [1.29, 1.82) is 5.26 Å². The molecule has 0 atom stereocenters. The van der Waals surface area contributed by atoms with Gasteiger partial charge in [-0.3, -0.25) is 0 Å². The highest BCUT2D eigenvalue weighted by Gasteiger charge is 2.24. The maximum Gasteiger partial charge on any atom is 0.269 e. The van der Waals surface area contributed by atoms with Crippen LogP contribution in [0, 0.1) is 24.2 Å². The second kappa shape index (κ2) is 7.39. The number of pyridine rings is 1. The fraction of sp³-hybridized carbons (Fsp3) is 0.318. The third-order valence-corrected chi connectivity index (χ3v) is 7.70. The Labute approximate surface area is 180 Å². The molecule has 0 spiro atoms. The first-order chi connectivity index (χ1) is 15.0. The van der Waals surface area contributed by atoms with Gasteiger partial charge in [0.05, 0.1) is 17.2 Å². The summed E-state index contributed by atoms with van der Waals surface area (Å²) >= 11 is 0. The maximum absolute atomic E-state index is 13.2.